The zero-order valence-electron chi connectivity index (χ0n) is 17.4. The first-order valence-corrected chi connectivity index (χ1v) is 10.9. The number of hydrogen-bond acceptors (Lipinski definition) is 3. The van der Waals surface area contributed by atoms with Gasteiger partial charge in [-0.2, -0.15) is 5.10 Å². The summed E-state index contributed by atoms with van der Waals surface area (Å²) in [6, 6.07) is 18.3. The Morgan fingerprint density at radius 2 is 1.80 bits per heavy atom. The Balaban J connectivity index is 1.52. The van der Waals surface area contributed by atoms with Crippen LogP contribution in [0.1, 0.15) is 36.9 Å². The molecule has 1 amide bonds. The van der Waals surface area contributed by atoms with Crippen LogP contribution in [0, 0.1) is 12.8 Å². The molecule has 3 aromatic rings. The normalized spacial score (nSPS) is 16.1. The molecule has 0 unspecified atom stereocenters. The molecule has 30 heavy (non-hydrogen) atoms. The molecule has 0 spiro atoms. The lowest BCUT2D eigenvalue weighted by Crippen LogP contribution is -2.43. The molecule has 1 saturated carbocycles. The molecule has 5 heteroatoms. The first kappa shape index (κ1) is 18.9. The van der Waals surface area contributed by atoms with Crippen LogP contribution in [0.15, 0.2) is 54.6 Å². The summed E-state index contributed by atoms with van der Waals surface area (Å²) in [5, 5.41) is 4.79. The SMILES string of the molecule is Cc1nn2c(c1-c1ccccc1OCc1ccccc1)N(C(=O)C1CCC1)CCC2. The Labute approximate surface area is 177 Å². The highest BCUT2D eigenvalue weighted by atomic mass is 16.5. The van der Waals surface area contributed by atoms with Crippen LogP contribution < -0.4 is 9.64 Å². The number of amides is 1. The zero-order valence-corrected chi connectivity index (χ0v) is 17.4. The van der Waals surface area contributed by atoms with E-state index in [1.165, 1.54) is 0 Å². The van der Waals surface area contributed by atoms with Gasteiger partial charge in [-0.3, -0.25) is 9.69 Å². The largest absolute Gasteiger partial charge is 0.488 e. The minimum atomic E-state index is 0.171. The fourth-order valence-electron chi connectivity index (χ4n) is 4.42. The molecule has 0 N–H and O–H groups in total. The van der Waals surface area contributed by atoms with Crippen molar-refractivity contribution in [2.24, 2.45) is 5.92 Å². The first-order chi connectivity index (χ1) is 14.7. The number of aromatic nitrogens is 2. The molecule has 1 aliphatic carbocycles. The average Bonchev–Trinajstić information content (AvgIpc) is 3.07. The molecule has 0 saturated heterocycles. The number of ether oxygens (including phenoxy) is 1. The van der Waals surface area contributed by atoms with Gasteiger partial charge in [0.25, 0.3) is 0 Å². The highest BCUT2D eigenvalue weighted by molar-refractivity contribution is 5.99. The van der Waals surface area contributed by atoms with Crippen molar-refractivity contribution >= 4 is 11.7 Å². The molecule has 5 rings (SSSR count). The fraction of sp³-hybridized carbons (Fsp3) is 0.360. The first-order valence-electron chi connectivity index (χ1n) is 10.9. The summed E-state index contributed by atoms with van der Waals surface area (Å²) in [6.45, 7) is 4.14. The number of hydrogen-bond donors (Lipinski definition) is 0. The van der Waals surface area contributed by atoms with Gasteiger partial charge in [0.15, 0.2) is 0 Å². The maximum Gasteiger partial charge on any atom is 0.231 e. The van der Waals surface area contributed by atoms with E-state index in [2.05, 4.69) is 18.2 Å². The van der Waals surface area contributed by atoms with Crippen LogP contribution in [-0.2, 0) is 17.9 Å². The summed E-state index contributed by atoms with van der Waals surface area (Å²) in [6.07, 6.45) is 4.12. The van der Waals surface area contributed by atoms with Gasteiger partial charge in [0.05, 0.1) is 11.3 Å². The molecular weight excluding hydrogens is 374 g/mol. The van der Waals surface area contributed by atoms with Gasteiger partial charge < -0.3 is 4.74 Å². The van der Waals surface area contributed by atoms with Crippen molar-refractivity contribution in [3.63, 3.8) is 0 Å². The summed E-state index contributed by atoms with van der Waals surface area (Å²) in [7, 11) is 0. The van der Waals surface area contributed by atoms with E-state index in [4.69, 9.17) is 9.84 Å². The molecular formula is C25H27N3O2. The number of rotatable bonds is 5. The van der Waals surface area contributed by atoms with Crippen molar-refractivity contribution in [2.45, 2.75) is 45.8 Å². The lowest BCUT2D eigenvalue weighted by Gasteiger charge is -2.34. The van der Waals surface area contributed by atoms with E-state index in [1.807, 2.05) is 52.9 Å². The Morgan fingerprint density at radius 3 is 2.57 bits per heavy atom. The van der Waals surface area contributed by atoms with Gasteiger partial charge >= 0.3 is 0 Å². The smallest absolute Gasteiger partial charge is 0.231 e. The van der Waals surface area contributed by atoms with Crippen molar-refractivity contribution in [1.29, 1.82) is 0 Å². The van der Waals surface area contributed by atoms with Crippen LogP contribution in [0.25, 0.3) is 11.1 Å². The number of benzene rings is 2. The van der Waals surface area contributed by atoms with Gasteiger partial charge in [-0.1, -0.05) is 55.0 Å². The summed E-state index contributed by atoms with van der Waals surface area (Å²) in [5.41, 5.74) is 4.09. The lowest BCUT2D eigenvalue weighted by molar-refractivity contribution is -0.124. The quantitative estimate of drug-likeness (QED) is 0.606. The third kappa shape index (κ3) is 3.38. The maximum absolute atomic E-state index is 13.2. The maximum atomic E-state index is 13.2. The van der Waals surface area contributed by atoms with Crippen LogP contribution in [0.4, 0.5) is 5.82 Å². The molecule has 2 aliphatic rings. The van der Waals surface area contributed by atoms with Crippen LogP contribution in [0.5, 0.6) is 5.75 Å². The van der Waals surface area contributed by atoms with Crippen LogP contribution in [-0.4, -0.2) is 22.2 Å². The summed E-state index contributed by atoms with van der Waals surface area (Å²) in [5.74, 6) is 2.18. The van der Waals surface area contributed by atoms with Gasteiger partial charge in [-0.15, -0.1) is 0 Å². The van der Waals surface area contributed by atoms with Gasteiger partial charge in [0.1, 0.15) is 18.2 Å². The van der Waals surface area contributed by atoms with Crippen molar-refractivity contribution in [1.82, 2.24) is 9.78 Å². The van der Waals surface area contributed by atoms with Crippen LogP contribution in [0.2, 0.25) is 0 Å². The van der Waals surface area contributed by atoms with Crippen LogP contribution >= 0.6 is 0 Å². The van der Waals surface area contributed by atoms with E-state index >= 15 is 0 Å². The standard InChI is InChI=1S/C25H27N3O2/c1-18-23(21-13-5-6-14-22(21)30-17-19-9-3-2-4-10-19)24-27(15-8-16-28(24)26-18)25(29)20-11-7-12-20/h2-6,9-10,13-14,20H,7-8,11-12,15-17H2,1H3. The van der Waals surface area contributed by atoms with Gasteiger partial charge in [-0.05, 0) is 37.8 Å². The fourth-order valence-corrected chi connectivity index (χ4v) is 4.42. The topological polar surface area (TPSA) is 47.4 Å². The molecule has 2 heterocycles. The second kappa shape index (κ2) is 7.98. The monoisotopic (exact) mass is 401 g/mol. The predicted octanol–water partition coefficient (Wildman–Crippen LogP) is 4.97. The number of carbonyl (C=O) groups is 1. The lowest BCUT2D eigenvalue weighted by atomic mass is 9.84. The summed E-state index contributed by atoms with van der Waals surface area (Å²) in [4.78, 5) is 15.2. The third-order valence-corrected chi connectivity index (χ3v) is 6.22. The van der Waals surface area contributed by atoms with Gasteiger partial charge in [-0.25, -0.2) is 4.68 Å². The van der Waals surface area contributed by atoms with E-state index in [0.717, 1.165) is 72.7 Å². The molecule has 2 aromatic carbocycles. The molecule has 1 fully saturated rings. The minimum Gasteiger partial charge on any atom is -0.488 e. The van der Waals surface area contributed by atoms with Gasteiger partial charge in [0, 0.05) is 24.6 Å². The molecule has 1 aromatic heterocycles. The number of nitrogens with zero attached hydrogens (tertiary/aromatic N) is 3. The average molecular weight is 402 g/mol. The molecule has 1 aliphatic heterocycles. The van der Waals surface area contributed by atoms with Crippen molar-refractivity contribution in [3.8, 4) is 16.9 Å². The Kier molecular flexibility index (Phi) is 5.03. The van der Waals surface area contributed by atoms with E-state index in [1.54, 1.807) is 0 Å². The predicted molar refractivity (Wildman–Crippen MR) is 117 cm³/mol. The molecule has 0 bridgehead atoms. The molecule has 0 radical (unpaired) electrons. The van der Waals surface area contributed by atoms with E-state index in [9.17, 15) is 4.79 Å². The second-order valence-corrected chi connectivity index (χ2v) is 8.25. The summed E-state index contributed by atoms with van der Waals surface area (Å²) < 4.78 is 8.24. The third-order valence-electron chi connectivity index (χ3n) is 6.22. The number of aryl methyl sites for hydroxylation is 2. The molecule has 154 valence electrons. The minimum absolute atomic E-state index is 0.171. The molecule has 5 nitrogen and oxygen atoms in total. The molecule has 0 atom stereocenters. The summed E-state index contributed by atoms with van der Waals surface area (Å²) >= 11 is 0. The Hall–Kier alpha value is -3.08. The Bertz CT molecular complexity index is 1050. The number of para-hydroxylation sites is 1. The second-order valence-electron chi connectivity index (χ2n) is 8.25. The van der Waals surface area contributed by atoms with E-state index in [-0.39, 0.29) is 11.8 Å². The van der Waals surface area contributed by atoms with Crippen molar-refractivity contribution in [2.75, 3.05) is 11.4 Å². The highest BCUT2D eigenvalue weighted by Gasteiger charge is 2.35. The van der Waals surface area contributed by atoms with Gasteiger partial charge in [0.2, 0.25) is 5.91 Å². The highest BCUT2D eigenvalue weighted by Crippen LogP contribution is 2.42. The van der Waals surface area contributed by atoms with Crippen LogP contribution in [0.3, 0.4) is 0 Å². The van der Waals surface area contributed by atoms with E-state index in [0.29, 0.717) is 6.61 Å². The van der Waals surface area contributed by atoms with Crippen molar-refractivity contribution < 1.29 is 9.53 Å². The number of fused-ring (bicyclic) bond motifs is 1. The Morgan fingerprint density at radius 1 is 1.03 bits per heavy atom. The zero-order chi connectivity index (χ0) is 20.5. The number of carbonyl (C=O) groups excluding carboxylic acids is 1. The number of anilines is 1. The van der Waals surface area contributed by atoms with Crippen molar-refractivity contribution in [3.05, 3.63) is 65.9 Å². The van der Waals surface area contributed by atoms with E-state index < -0.39 is 0 Å².